The molecule has 1 aliphatic rings. The van der Waals surface area contributed by atoms with Crippen LogP contribution in [-0.4, -0.2) is 16.6 Å². The third-order valence-electron chi connectivity index (χ3n) is 2.87. The second-order valence-electron chi connectivity index (χ2n) is 4.02. The van der Waals surface area contributed by atoms with Crippen molar-refractivity contribution in [1.82, 2.24) is 9.97 Å². The van der Waals surface area contributed by atoms with Gasteiger partial charge in [0.25, 0.3) is 0 Å². The topological polar surface area (TPSA) is 63.9 Å². The maximum atomic E-state index is 5.64. The minimum absolute atomic E-state index is 0.462. The van der Waals surface area contributed by atoms with Gasteiger partial charge in [0.15, 0.2) is 5.95 Å². The smallest absolute Gasteiger partial charge is 0.198 e. The zero-order chi connectivity index (χ0) is 11.1. The lowest BCUT2D eigenvalue weighted by molar-refractivity contribution is 0.357. The van der Waals surface area contributed by atoms with Gasteiger partial charge in [-0.3, -0.25) is 0 Å². The SMILES string of the molecule is Cc1[nH]c(N)nc1-c1ccc2c(c1)CCO2. The van der Waals surface area contributed by atoms with E-state index in [1.54, 1.807) is 0 Å². The number of ether oxygens (including phenoxy) is 1. The molecule has 2 heterocycles. The molecule has 0 aliphatic carbocycles. The number of H-pyrrole nitrogens is 1. The first-order valence-corrected chi connectivity index (χ1v) is 5.32. The summed E-state index contributed by atoms with van der Waals surface area (Å²) in [6, 6.07) is 6.15. The Balaban J connectivity index is 2.10. The number of hydrogen-bond acceptors (Lipinski definition) is 3. The van der Waals surface area contributed by atoms with Gasteiger partial charge in [-0.1, -0.05) is 0 Å². The largest absolute Gasteiger partial charge is 0.493 e. The number of hydrogen-bond donors (Lipinski definition) is 2. The number of fused-ring (bicyclic) bond motifs is 1. The third-order valence-corrected chi connectivity index (χ3v) is 2.87. The molecule has 1 aromatic heterocycles. The van der Waals surface area contributed by atoms with Crippen molar-refractivity contribution in [2.75, 3.05) is 12.3 Å². The highest BCUT2D eigenvalue weighted by molar-refractivity contribution is 5.66. The number of nitrogens with one attached hydrogen (secondary N) is 1. The Bertz CT molecular complexity index is 545. The van der Waals surface area contributed by atoms with Crippen molar-refractivity contribution in [2.24, 2.45) is 0 Å². The van der Waals surface area contributed by atoms with Gasteiger partial charge in [-0.2, -0.15) is 0 Å². The Hall–Kier alpha value is -1.97. The van der Waals surface area contributed by atoms with E-state index in [0.29, 0.717) is 5.95 Å². The van der Waals surface area contributed by atoms with Crippen molar-refractivity contribution in [3.05, 3.63) is 29.5 Å². The Morgan fingerprint density at radius 3 is 3.06 bits per heavy atom. The first-order chi connectivity index (χ1) is 7.74. The number of aromatic amines is 1. The zero-order valence-electron chi connectivity index (χ0n) is 9.08. The molecule has 0 unspecified atom stereocenters. The maximum Gasteiger partial charge on any atom is 0.198 e. The van der Waals surface area contributed by atoms with E-state index in [1.165, 1.54) is 5.56 Å². The van der Waals surface area contributed by atoms with Crippen LogP contribution < -0.4 is 10.5 Å². The second kappa shape index (κ2) is 3.27. The Morgan fingerprint density at radius 1 is 1.44 bits per heavy atom. The molecule has 0 bridgehead atoms. The molecule has 1 aliphatic heterocycles. The van der Waals surface area contributed by atoms with Gasteiger partial charge in [-0.25, -0.2) is 4.98 Å². The summed E-state index contributed by atoms with van der Waals surface area (Å²) in [6.07, 6.45) is 0.974. The summed E-state index contributed by atoms with van der Waals surface area (Å²) in [6.45, 7) is 2.75. The van der Waals surface area contributed by atoms with Gasteiger partial charge in [0.1, 0.15) is 5.75 Å². The molecule has 4 heteroatoms. The lowest BCUT2D eigenvalue weighted by atomic mass is 10.1. The van der Waals surface area contributed by atoms with E-state index < -0.39 is 0 Å². The summed E-state index contributed by atoms with van der Waals surface area (Å²) in [5, 5.41) is 0. The van der Waals surface area contributed by atoms with Crippen molar-refractivity contribution in [2.45, 2.75) is 13.3 Å². The van der Waals surface area contributed by atoms with E-state index in [1.807, 2.05) is 19.1 Å². The van der Waals surface area contributed by atoms with Gasteiger partial charge in [0.05, 0.1) is 12.3 Å². The number of aryl methyl sites for hydroxylation is 1. The standard InChI is InChI=1S/C12H13N3O/c1-7-11(15-12(13)14-7)9-2-3-10-8(6-9)4-5-16-10/h2-3,6H,4-5H2,1H3,(H3,13,14,15). The van der Waals surface area contributed by atoms with Crippen molar-refractivity contribution < 1.29 is 4.74 Å². The van der Waals surface area contributed by atoms with Crippen LogP contribution in [0.1, 0.15) is 11.3 Å². The van der Waals surface area contributed by atoms with E-state index in [4.69, 9.17) is 10.5 Å². The molecule has 4 nitrogen and oxygen atoms in total. The number of anilines is 1. The summed E-state index contributed by atoms with van der Waals surface area (Å²) < 4.78 is 5.47. The van der Waals surface area contributed by atoms with Crippen LogP contribution >= 0.6 is 0 Å². The fourth-order valence-electron chi connectivity index (χ4n) is 2.10. The molecule has 0 fully saturated rings. The van der Waals surface area contributed by atoms with E-state index >= 15 is 0 Å². The molecule has 3 N–H and O–H groups in total. The molecule has 0 saturated carbocycles. The van der Waals surface area contributed by atoms with Crippen molar-refractivity contribution in [3.63, 3.8) is 0 Å². The van der Waals surface area contributed by atoms with Crippen molar-refractivity contribution in [3.8, 4) is 17.0 Å². The van der Waals surface area contributed by atoms with Gasteiger partial charge < -0.3 is 15.5 Å². The van der Waals surface area contributed by atoms with Crippen LogP contribution in [0.3, 0.4) is 0 Å². The monoisotopic (exact) mass is 215 g/mol. The Labute approximate surface area is 93.5 Å². The minimum atomic E-state index is 0.462. The molecule has 0 atom stereocenters. The highest BCUT2D eigenvalue weighted by Gasteiger charge is 2.14. The Kier molecular flexibility index (Phi) is 1.89. The number of imidazole rings is 1. The minimum Gasteiger partial charge on any atom is -0.493 e. The number of nitrogens with zero attached hydrogens (tertiary/aromatic N) is 1. The molecule has 0 amide bonds. The Morgan fingerprint density at radius 2 is 2.31 bits per heavy atom. The molecule has 1 aromatic carbocycles. The highest BCUT2D eigenvalue weighted by atomic mass is 16.5. The molecule has 82 valence electrons. The zero-order valence-corrected chi connectivity index (χ0v) is 9.08. The quantitative estimate of drug-likeness (QED) is 0.763. The van der Waals surface area contributed by atoms with Gasteiger partial charge >= 0.3 is 0 Å². The lowest BCUT2D eigenvalue weighted by Crippen LogP contribution is -1.86. The fraction of sp³-hybridized carbons (Fsp3) is 0.250. The van der Waals surface area contributed by atoms with Crippen LogP contribution in [0.25, 0.3) is 11.3 Å². The number of aromatic nitrogens is 2. The summed E-state index contributed by atoms with van der Waals surface area (Å²) in [5.74, 6) is 1.45. The fourth-order valence-corrected chi connectivity index (χ4v) is 2.10. The lowest BCUT2D eigenvalue weighted by Gasteiger charge is -2.02. The average molecular weight is 215 g/mol. The van der Waals surface area contributed by atoms with Crippen LogP contribution in [0, 0.1) is 6.92 Å². The first kappa shape index (κ1) is 9.27. The van der Waals surface area contributed by atoms with Crippen LogP contribution in [-0.2, 0) is 6.42 Å². The molecule has 16 heavy (non-hydrogen) atoms. The average Bonchev–Trinajstić information content (AvgIpc) is 2.83. The maximum absolute atomic E-state index is 5.64. The molecule has 0 radical (unpaired) electrons. The van der Waals surface area contributed by atoms with E-state index in [0.717, 1.165) is 35.7 Å². The normalized spacial score (nSPS) is 13.6. The molecule has 0 spiro atoms. The van der Waals surface area contributed by atoms with E-state index in [2.05, 4.69) is 16.0 Å². The van der Waals surface area contributed by atoms with Crippen molar-refractivity contribution in [1.29, 1.82) is 0 Å². The number of benzene rings is 1. The van der Waals surface area contributed by atoms with E-state index in [9.17, 15) is 0 Å². The molecular formula is C12H13N3O. The van der Waals surface area contributed by atoms with Gasteiger partial charge in [-0.15, -0.1) is 0 Å². The first-order valence-electron chi connectivity index (χ1n) is 5.32. The number of rotatable bonds is 1. The molecule has 2 aromatic rings. The molecule has 0 saturated heterocycles. The number of nitrogens with two attached hydrogens (primary N) is 1. The van der Waals surface area contributed by atoms with Gasteiger partial charge in [0.2, 0.25) is 0 Å². The summed E-state index contributed by atoms with van der Waals surface area (Å²) in [7, 11) is 0. The third kappa shape index (κ3) is 1.34. The van der Waals surface area contributed by atoms with Gasteiger partial charge in [0, 0.05) is 17.7 Å². The van der Waals surface area contributed by atoms with E-state index in [-0.39, 0.29) is 0 Å². The van der Waals surface area contributed by atoms with Crippen LogP contribution in [0.4, 0.5) is 5.95 Å². The molecule has 3 rings (SSSR count). The summed E-state index contributed by atoms with van der Waals surface area (Å²) in [5.41, 5.74) is 9.90. The predicted octanol–water partition coefficient (Wildman–Crippen LogP) is 1.90. The van der Waals surface area contributed by atoms with Crippen molar-refractivity contribution >= 4 is 5.95 Å². The number of nitrogen functional groups attached to an aromatic ring is 1. The van der Waals surface area contributed by atoms with Crippen LogP contribution in [0.5, 0.6) is 5.75 Å². The summed E-state index contributed by atoms with van der Waals surface area (Å²) >= 11 is 0. The predicted molar refractivity (Wildman–Crippen MR) is 62.4 cm³/mol. The molecular weight excluding hydrogens is 202 g/mol. The van der Waals surface area contributed by atoms with Gasteiger partial charge in [-0.05, 0) is 30.7 Å². The summed E-state index contributed by atoms with van der Waals surface area (Å²) in [4.78, 5) is 7.30. The highest BCUT2D eigenvalue weighted by Crippen LogP contribution is 2.31. The van der Waals surface area contributed by atoms with Crippen LogP contribution in [0.15, 0.2) is 18.2 Å². The second-order valence-corrected chi connectivity index (χ2v) is 4.02. The van der Waals surface area contributed by atoms with Crippen LogP contribution in [0.2, 0.25) is 0 Å².